The summed E-state index contributed by atoms with van der Waals surface area (Å²) >= 11 is 0. The molecule has 0 spiro atoms. The molecule has 0 aliphatic heterocycles. The number of rotatable bonds is 7. The molecule has 0 aliphatic rings. The number of terminal acetylenes is 1. The molecule has 2 aromatic carbocycles. The highest BCUT2D eigenvalue weighted by molar-refractivity contribution is 5.67. The van der Waals surface area contributed by atoms with Gasteiger partial charge in [-0.1, -0.05) is 24.1 Å². The topological polar surface area (TPSA) is 49.8 Å². The third-order valence-electron chi connectivity index (χ3n) is 3.06. The molecule has 0 fully saturated rings. The number of carboxylic acid groups (broad SMARTS) is 1. The summed E-state index contributed by atoms with van der Waals surface area (Å²) < 4.78 is 5.72. The van der Waals surface area contributed by atoms with Gasteiger partial charge in [-0.15, -0.1) is 6.42 Å². The van der Waals surface area contributed by atoms with Crippen LogP contribution in [0.1, 0.15) is 6.42 Å². The first kappa shape index (κ1) is 15.5. The van der Waals surface area contributed by atoms with E-state index in [0.29, 0.717) is 18.8 Å². The largest absolute Gasteiger partial charge is 0.481 e. The van der Waals surface area contributed by atoms with Gasteiger partial charge in [-0.25, -0.2) is 0 Å². The molecular formula is C18H17NO3. The van der Waals surface area contributed by atoms with Gasteiger partial charge < -0.3 is 14.7 Å². The van der Waals surface area contributed by atoms with Crippen LogP contribution in [0.25, 0.3) is 0 Å². The summed E-state index contributed by atoms with van der Waals surface area (Å²) in [6.45, 7) is 0.741. The summed E-state index contributed by atoms with van der Waals surface area (Å²) in [4.78, 5) is 12.5. The number of benzene rings is 2. The first-order chi connectivity index (χ1) is 10.7. The summed E-state index contributed by atoms with van der Waals surface area (Å²) in [5.74, 6) is 3.19. The Bertz CT molecular complexity index is 644. The summed E-state index contributed by atoms with van der Waals surface area (Å²) in [7, 11) is 0. The molecule has 4 nitrogen and oxygen atoms in total. The zero-order valence-electron chi connectivity index (χ0n) is 12.1. The monoisotopic (exact) mass is 295 g/mol. The Morgan fingerprint density at radius 3 is 2.32 bits per heavy atom. The number of para-hydroxylation sites is 1. The van der Waals surface area contributed by atoms with Gasteiger partial charge in [0.15, 0.2) is 0 Å². The Kier molecular flexibility index (Phi) is 5.44. The van der Waals surface area contributed by atoms with Gasteiger partial charge in [-0.3, -0.25) is 4.79 Å². The first-order valence-corrected chi connectivity index (χ1v) is 6.92. The van der Waals surface area contributed by atoms with Crippen molar-refractivity contribution in [1.82, 2.24) is 0 Å². The average Bonchev–Trinajstić information content (AvgIpc) is 2.53. The standard InChI is InChI=1S/C18H17NO3/c1-2-13-19(14-12-18(20)21)15-8-10-17(11-9-15)22-16-6-4-3-5-7-16/h1,3-11H,12-14H2,(H,20,21). The smallest absolute Gasteiger partial charge is 0.305 e. The van der Waals surface area contributed by atoms with Crippen molar-refractivity contribution in [2.24, 2.45) is 0 Å². The second-order valence-electron chi connectivity index (χ2n) is 4.68. The van der Waals surface area contributed by atoms with Crippen molar-refractivity contribution < 1.29 is 14.6 Å². The molecule has 4 heteroatoms. The summed E-state index contributed by atoms with van der Waals surface area (Å²) in [5.41, 5.74) is 0.875. The van der Waals surface area contributed by atoms with Crippen molar-refractivity contribution in [2.75, 3.05) is 18.0 Å². The molecule has 0 radical (unpaired) electrons. The predicted octanol–water partition coefficient (Wildman–Crippen LogP) is 3.39. The number of ether oxygens (including phenoxy) is 1. The molecule has 0 saturated heterocycles. The van der Waals surface area contributed by atoms with Crippen LogP contribution in [0.4, 0.5) is 5.69 Å². The maximum Gasteiger partial charge on any atom is 0.305 e. The fraction of sp³-hybridized carbons (Fsp3) is 0.167. The number of carboxylic acids is 1. The third-order valence-corrected chi connectivity index (χ3v) is 3.06. The zero-order valence-corrected chi connectivity index (χ0v) is 12.1. The fourth-order valence-electron chi connectivity index (χ4n) is 1.99. The van der Waals surface area contributed by atoms with Gasteiger partial charge in [-0.2, -0.15) is 0 Å². The van der Waals surface area contributed by atoms with Crippen molar-refractivity contribution >= 4 is 11.7 Å². The molecule has 0 bridgehead atoms. The van der Waals surface area contributed by atoms with E-state index in [1.165, 1.54) is 0 Å². The Labute approximate surface area is 130 Å². The first-order valence-electron chi connectivity index (χ1n) is 6.92. The quantitative estimate of drug-likeness (QED) is 0.795. The summed E-state index contributed by atoms with van der Waals surface area (Å²) in [6, 6.07) is 16.9. The van der Waals surface area contributed by atoms with Crippen molar-refractivity contribution in [2.45, 2.75) is 6.42 Å². The predicted molar refractivity (Wildman–Crippen MR) is 86.3 cm³/mol. The van der Waals surface area contributed by atoms with Crippen molar-refractivity contribution in [3.05, 3.63) is 54.6 Å². The Morgan fingerprint density at radius 1 is 1.09 bits per heavy atom. The van der Waals surface area contributed by atoms with Crippen LogP contribution in [-0.4, -0.2) is 24.2 Å². The van der Waals surface area contributed by atoms with Gasteiger partial charge in [-0.05, 0) is 36.4 Å². The lowest BCUT2D eigenvalue weighted by molar-refractivity contribution is -0.136. The van der Waals surface area contributed by atoms with Crippen LogP contribution in [0.5, 0.6) is 11.5 Å². The number of carbonyl (C=O) groups is 1. The van der Waals surface area contributed by atoms with Gasteiger partial charge in [0, 0.05) is 12.2 Å². The molecule has 2 rings (SSSR count). The van der Waals surface area contributed by atoms with E-state index in [-0.39, 0.29) is 6.42 Å². The highest BCUT2D eigenvalue weighted by atomic mass is 16.5. The number of hydrogen-bond donors (Lipinski definition) is 1. The lowest BCUT2D eigenvalue weighted by Crippen LogP contribution is -2.26. The summed E-state index contributed by atoms with van der Waals surface area (Å²) in [6.07, 6.45) is 5.39. The second-order valence-corrected chi connectivity index (χ2v) is 4.68. The lowest BCUT2D eigenvalue weighted by Gasteiger charge is -2.21. The number of hydrogen-bond acceptors (Lipinski definition) is 3. The van der Waals surface area contributed by atoms with E-state index < -0.39 is 5.97 Å². The van der Waals surface area contributed by atoms with Crippen LogP contribution in [-0.2, 0) is 4.79 Å². The molecule has 0 atom stereocenters. The molecule has 0 saturated carbocycles. The van der Waals surface area contributed by atoms with E-state index in [1.807, 2.05) is 59.5 Å². The van der Waals surface area contributed by atoms with Crippen molar-refractivity contribution in [3.63, 3.8) is 0 Å². The van der Waals surface area contributed by atoms with Gasteiger partial charge in [0.2, 0.25) is 0 Å². The Balaban J connectivity index is 2.05. The van der Waals surface area contributed by atoms with E-state index >= 15 is 0 Å². The van der Waals surface area contributed by atoms with E-state index in [0.717, 1.165) is 11.4 Å². The van der Waals surface area contributed by atoms with Gasteiger partial charge >= 0.3 is 5.97 Å². The van der Waals surface area contributed by atoms with Crippen LogP contribution in [0, 0.1) is 12.3 Å². The van der Waals surface area contributed by atoms with Crippen LogP contribution < -0.4 is 9.64 Å². The number of nitrogens with zero attached hydrogens (tertiary/aromatic N) is 1. The minimum Gasteiger partial charge on any atom is -0.481 e. The Hall–Kier alpha value is -2.93. The molecular weight excluding hydrogens is 278 g/mol. The lowest BCUT2D eigenvalue weighted by atomic mass is 10.2. The SMILES string of the molecule is C#CCN(CCC(=O)O)c1ccc(Oc2ccccc2)cc1. The van der Waals surface area contributed by atoms with Crippen LogP contribution in [0.3, 0.4) is 0 Å². The maximum atomic E-state index is 10.7. The minimum absolute atomic E-state index is 0.0456. The zero-order chi connectivity index (χ0) is 15.8. The molecule has 0 amide bonds. The molecule has 1 N–H and O–H groups in total. The Morgan fingerprint density at radius 2 is 1.73 bits per heavy atom. The van der Waals surface area contributed by atoms with Crippen LogP contribution in [0.2, 0.25) is 0 Å². The highest BCUT2D eigenvalue weighted by Gasteiger charge is 2.08. The number of aliphatic carboxylic acids is 1. The fourth-order valence-corrected chi connectivity index (χ4v) is 1.99. The minimum atomic E-state index is -0.842. The van der Waals surface area contributed by atoms with Crippen molar-refractivity contribution in [3.8, 4) is 23.8 Å². The molecule has 2 aromatic rings. The van der Waals surface area contributed by atoms with Crippen molar-refractivity contribution in [1.29, 1.82) is 0 Å². The normalized spacial score (nSPS) is 9.77. The molecule has 112 valence electrons. The molecule has 0 heterocycles. The molecule has 0 aliphatic carbocycles. The van der Waals surface area contributed by atoms with Crippen LogP contribution >= 0.6 is 0 Å². The maximum absolute atomic E-state index is 10.7. The molecule has 0 aromatic heterocycles. The van der Waals surface area contributed by atoms with E-state index in [1.54, 1.807) is 0 Å². The second kappa shape index (κ2) is 7.75. The number of anilines is 1. The van der Waals surface area contributed by atoms with E-state index in [9.17, 15) is 4.79 Å². The third kappa shape index (κ3) is 4.57. The van der Waals surface area contributed by atoms with Gasteiger partial charge in [0.1, 0.15) is 11.5 Å². The summed E-state index contributed by atoms with van der Waals surface area (Å²) in [5, 5.41) is 8.79. The highest BCUT2D eigenvalue weighted by Crippen LogP contribution is 2.24. The van der Waals surface area contributed by atoms with Crippen LogP contribution in [0.15, 0.2) is 54.6 Å². The van der Waals surface area contributed by atoms with E-state index in [4.69, 9.17) is 16.3 Å². The van der Waals surface area contributed by atoms with Gasteiger partial charge in [0.05, 0.1) is 13.0 Å². The van der Waals surface area contributed by atoms with E-state index in [2.05, 4.69) is 5.92 Å². The van der Waals surface area contributed by atoms with Gasteiger partial charge in [0.25, 0.3) is 0 Å². The average molecular weight is 295 g/mol. The molecule has 22 heavy (non-hydrogen) atoms. The molecule has 0 unspecified atom stereocenters.